The van der Waals surface area contributed by atoms with Gasteiger partial charge >= 0.3 is 243 Å². The Kier molecular flexibility index (Phi) is 7.23. The zero-order chi connectivity index (χ0) is 26.6. The van der Waals surface area contributed by atoms with Gasteiger partial charge in [0.1, 0.15) is 0 Å². The van der Waals surface area contributed by atoms with E-state index in [4.69, 9.17) is 17.0 Å². The molecule has 1 unspecified atom stereocenters. The molecule has 0 N–H and O–H groups in total. The van der Waals surface area contributed by atoms with Crippen molar-refractivity contribution in [3.63, 3.8) is 0 Å². The summed E-state index contributed by atoms with van der Waals surface area (Å²) < 4.78 is 1.43. The van der Waals surface area contributed by atoms with Gasteiger partial charge in [0.2, 0.25) is 0 Å². The second-order valence-corrected chi connectivity index (χ2v) is 27.4. The van der Waals surface area contributed by atoms with Gasteiger partial charge in [-0.05, 0) is 0 Å². The van der Waals surface area contributed by atoms with E-state index in [-0.39, 0.29) is 3.63 Å². The number of benzene rings is 4. The molecule has 4 aromatic carbocycles. The molecule has 38 heavy (non-hydrogen) atoms. The summed E-state index contributed by atoms with van der Waals surface area (Å²) in [6.45, 7) is 9.20. The van der Waals surface area contributed by atoms with Crippen molar-refractivity contribution < 1.29 is 17.9 Å². The Morgan fingerprint density at radius 3 is 2.24 bits per heavy atom. The molecule has 0 nitrogen and oxygen atoms in total. The Hall–Kier alpha value is -1.70. The van der Waals surface area contributed by atoms with Crippen LogP contribution in [-0.4, -0.2) is 9.52 Å². The van der Waals surface area contributed by atoms with Crippen molar-refractivity contribution >= 4 is 46.3 Å². The van der Waals surface area contributed by atoms with Gasteiger partial charge in [-0.1, -0.05) is 0 Å². The van der Waals surface area contributed by atoms with Crippen LogP contribution in [0.2, 0.25) is 0 Å². The summed E-state index contributed by atoms with van der Waals surface area (Å²) in [5.74, 6) is 0.969. The summed E-state index contributed by atoms with van der Waals surface area (Å²) in [5.41, 5.74) is 10.9. The first-order valence-corrected chi connectivity index (χ1v) is 24.2. The molecule has 2 aliphatic rings. The number of fused-ring (bicyclic) bond motifs is 4. The molecule has 1 aliphatic carbocycles. The third kappa shape index (κ3) is 4.46. The first-order valence-electron chi connectivity index (χ1n) is 13.8. The van der Waals surface area contributed by atoms with Crippen LogP contribution in [0.15, 0.2) is 90.5 Å². The molecule has 4 heteroatoms. The molecule has 1 atom stereocenters. The van der Waals surface area contributed by atoms with Crippen LogP contribution in [0.3, 0.4) is 0 Å². The van der Waals surface area contributed by atoms with Crippen LogP contribution in [0, 0.1) is 5.92 Å². The fourth-order valence-corrected chi connectivity index (χ4v) is 23.4. The molecule has 0 fully saturated rings. The van der Waals surface area contributed by atoms with Gasteiger partial charge in [-0.3, -0.25) is 0 Å². The molecule has 0 aromatic heterocycles. The van der Waals surface area contributed by atoms with Crippen LogP contribution >= 0.6 is 17.0 Å². The number of hydrogen-bond acceptors (Lipinski definition) is 0. The van der Waals surface area contributed by atoms with Gasteiger partial charge in [0.25, 0.3) is 0 Å². The van der Waals surface area contributed by atoms with Crippen molar-refractivity contribution in [3.8, 4) is 22.3 Å². The molecule has 0 saturated carbocycles. The van der Waals surface area contributed by atoms with Gasteiger partial charge in [0, 0.05) is 0 Å². The quantitative estimate of drug-likeness (QED) is 0.167. The first-order chi connectivity index (χ1) is 18.3. The maximum atomic E-state index is 7.86. The monoisotopic (exact) mass is 630 g/mol. The average Bonchev–Trinajstić information content (AvgIpc) is 3.46. The van der Waals surface area contributed by atoms with Crippen molar-refractivity contribution in [1.29, 1.82) is 0 Å². The van der Waals surface area contributed by atoms with Gasteiger partial charge in [-0.15, -0.1) is 0 Å². The molecule has 0 radical (unpaired) electrons. The number of allylic oxidation sites excluding steroid dienone is 1. The van der Waals surface area contributed by atoms with Gasteiger partial charge < -0.3 is 0 Å². The first kappa shape index (κ1) is 26.5. The van der Waals surface area contributed by atoms with Crippen LogP contribution < -0.4 is 13.6 Å². The molecule has 1 heterocycles. The maximum absolute atomic E-state index is 7.86. The van der Waals surface area contributed by atoms with E-state index in [0.717, 1.165) is 6.42 Å². The Morgan fingerprint density at radius 1 is 0.789 bits per heavy atom. The van der Waals surface area contributed by atoms with Crippen molar-refractivity contribution in [1.82, 2.24) is 0 Å². The van der Waals surface area contributed by atoms with E-state index in [1.54, 1.807) is 0 Å². The van der Waals surface area contributed by atoms with Crippen LogP contribution in [0.1, 0.15) is 60.3 Å². The summed E-state index contributed by atoms with van der Waals surface area (Å²) >= 11 is -3.97. The zero-order valence-electron chi connectivity index (χ0n) is 22.6. The summed E-state index contributed by atoms with van der Waals surface area (Å²) in [6.07, 6.45) is 3.50. The predicted octanol–water partition coefficient (Wildman–Crippen LogP) is 7.85. The van der Waals surface area contributed by atoms with Crippen molar-refractivity contribution in [2.45, 2.75) is 43.7 Å². The topological polar surface area (TPSA) is 0 Å². The molecule has 0 bridgehead atoms. The Labute approximate surface area is 241 Å². The second kappa shape index (κ2) is 10.4. The SMILES string of the molecule is CC(C)CC1=Cc2c(ccc(C(C)C)c2-c2ccccc2)[CH]1[Zr]([Cl])([Cl])[c]1cccc2c1[SiH2]c1ccccc1-2. The zero-order valence-corrected chi connectivity index (χ0v) is 27.9. The fraction of sp³-hybridized carbons (Fsp3) is 0.235. The number of hydrogen-bond donors (Lipinski definition) is 0. The Morgan fingerprint density at radius 2 is 1.50 bits per heavy atom. The molecule has 1 aliphatic heterocycles. The third-order valence-corrected chi connectivity index (χ3v) is 22.6. The molecule has 0 amide bonds. The average molecular weight is 633 g/mol. The Bertz CT molecular complexity index is 1550. The summed E-state index contributed by atoms with van der Waals surface area (Å²) in [7, 11) is 15.1. The predicted molar refractivity (Wildman–Crippen MR) is 167 cm³/mol. The molecule has 0 spiro atoms. The number of rotatable bonds is 6. The van der Waals surface area contributed by atoms with E-state index in [1.807, 2.05) is 0 Å². The molecule has 4 aromatic rings. The van der Waals surface area contributed by atoms with Gasteiger partial charge in [0.05, 0.1) is 0 Å². The van der Waals surface area contributed by atoms with E-state index in [1.165, 1.54) is 58.2 Å². The van der Waals surface area contributed by atoms with Crippen LogP contribution in [0.25, 0.3) is 28.3 Å². The van der Waals surface area contributed by atoms with Crippen molar-refractivity contribution in [3.05, 3.63) is 107 Å². The van der Waals surface area contributed by atoms with E-state index >= 15 is 0 Å². The van der Waals surface area contributed by atoms with Crippen LogP contribution in [0.4, 0.5) is 0 Å². The molecule has 0 saturated heterocycles. The third-order valence-electron chi connectivity index (χ3n) is 8.22. The van der Waals surface area contributed by atoms with Gasteiger partial charge in [-0.2, -0.15) is 0 Å². The van der Waals surface area contributed by atoms with E-state index in [0.29, 0.717) is 11.8 Å². The van der Waals surface area contributed by atoms with Gasteiger partial charge in [0.15, 0.2) is 0 Å². The number of halogens is 2. The standard InChI is InChI=1S/C22H25.C12H9Si.2ClH.Zr/c1-15(2)12-17-13-19-10-11-20(16(3)4)22(21(19)14-17)18-8-6-5-7-9-18;1-3-7-11-9(5-1)10-6-2-4-8-12(10)13-11;;;/h5-11,13-16H,12H2,1-4H3;1-7H,13H2;2*1H;/q;;;;+2/p-2. The van der Waals surface area contributed by atoms with Crippen LogP contribution in [-0.2, 0) is 17.9 Å². The van der Waals surface area contributed by atoms with E-state index in [9.17, 15) is 0 Å². The summed E-state index contributed by atoms with van der Waals surface area (Å²) in [4.78, 5) is 0. The normalized spacial score (nSPS) is 16.6. The molecule has 6 rings (SSSR count). The van der Waals surface area contributed by atoms with Crippen molar-refractivity contribution in [2.75, 3.05) is 0 Å². The van der Waals surface area contributed by atoms with E-state index < -0.39 is 27.4 Å². The minimum atomic E-state index is -3.97. The van der Waals surface area contributed by atoms with Crippen LogP contribution in [0.5, 0.6) is 0 Å². The van der Waals surface area contributed by atoms with Gasteiger partial charge in [-0.25, -0.2) is 0 Å². The fourth-order valence-electron chi connectivity index (χ4n) is 6.64. The second-order valence-electron chi connectivity index (χ2n) is 11.6. The molecular weight excluding hydrogens is 599 g/mol. The molecular formula is C34H34Cl2SiZr. The van der Waals surface area contributed by atoms with Crippen molar-refractivity contribution in [2.24, 2.45) is 5.92 Å². The van der Waals surface area contributed by atoms with E-state index in [2.05, 4.69) is 119 Å². The molecule has 192 valence electrons. The summed E-state index contributed by atoms with van der Waals surface area (Å²) in [5, 5.41) is 3.01. The summed E-state index contributed by atoms with van der Waals surface area (Å²) in [6, 6.07) is 31.2. The minimum absolute atomic E-state index is 0.123. The Balaban J connectivity index is 1.55.